The Labute approximate surface area is 210 Å². The molecule has 1 amide bonds. The number of hydrogen-bond donors (Lipinski definition) is 1. The summed E-state index contributed by atoms with van der Waals surface area (Å²) in [7, 11) is 0. The van der Waals surface area contributed by atoms with Crippen molar-refractivity contribution in [3.8, 4) is 11.3 Å². The molecule has 1 aliphatic heterocycles. The van der Waals surface area contributed by atoms with Gasteiger partial charge in [-0.2, -0.15) is 5.10 Å². The van der Waals surface area contributed by atoms with Crippen LogP contribution in [0.3, 0.4) is 0 Å². The first kappa shape index (κ1) is 23.5. The van der Waals surface area contributed by atoms with E-state index in [1.54, 1.807) is 10.7 Å². The van der Waals surface area contributed by atoms with E-state index in [2.05, 4.69) is 50.6 Å². The van der Waals surface area contributed by atoms with Crippen LogP contribution in [0.15, 0.2) is 66.9 Å². The highest BCUT2D eigenvalue weighted by Gasteiger charge is 2.20. The second kappa shape index (κ2) is 10.6. The van der Waals surface area contributed by atoms with Gasteiger partial charge in [-0.15, -0.1) is 0 Å². The van der Waals surface area contributed by atoms with Crippen LogP contribution in [0, 0.1) is 12.8 Å². The van der Waals surface area contributed by atoms with E-state index in [4.69, 9.17) is 11.6 Å². The number of benzene rings is 2. The summed E-state index contributed by atoms with van der Waals surface area (Å²) >= 11 is 6.00. The monoisotopic (exact) mass is 487 g/mol. The number of carbonyl (C=O) groups excluding carboxylic acids is 1. The Hall–Kier alpha value is -3.22. The number of likely N-dealkylation sites (tertiary alicyclic amines) is 1. The minimum Gasteiger partial charge on any atom is -0.352 e. The van der Waals surface area contributed by atoms with Gasteiger partial charge in [0.1, 0.15) is 0 Å². The van der Waals surface area contributed by atoms with Gasteiger partial charge in [0, 0.05) is 35.9 Å². The van der Waals surface area contributed by atoms with Gasteiger partial charge < -0.3 is 5.32 Å². The molecule has 1 N–H and O–H groups in total. The summed E-state index contributed by atoms with van der Waals surface area (Å²) in [4.78, 5) is 19.9. The molecular formula is C28H30ClN5O. The van der Waals surface area contributed by atoms with Gasteiger partial charge in [0.15, 0.2) is 5.65 Å². The predicted molar refractivity (Wildman–Crippen MR) is 140 cm³/mol. The van der Waals surface area contributed by atoms with Gasteiger partial charge in [-0.25, -0.2) is 9.50 Å². The molecule has 2 aromatic carbocycles. The van der Waals surface area contributed by atoms with E-state index >= 15 is 0 Å². The zero-order valence-corrected chi connectivity index (χ0v) is 20.7. The van der Waals surface area contributed by atoms with Crippen LogP contribution in [-0.2, 0) is 6.54 Å². The lowest BCUT2D eigenvalue weighted by Gasteiger charge is -2.32. The zero-order chi connectivity index (χ0) is 24.2. The molecule has 5 rings (SSSR count). The maximum Gasteiger partial charge on any atom is 0.254 e. The van der Waals surface area contributed by atoms with Gasteiger partial charge >= 0.3 is 0 Å². The van der Waals surface area contributed by atoms with Crippen molar-refractivity contribution in [2.24, 2.45) is 5.92 Å². The third-order valence-electron chi connectivity index (χ3n) is 6.90. The van der Waals surface area contributed by atoms with Crippen molar-refractivity contribution >= 4 is 23.2 Å². The normalized spacial score (nSPS) is 14.9. The molecule has 2 aromatic heterocycles. The van der Waals surface area contributed by atoms with E-state index in [9.17, 15) is 4.79 Å². The molecule has 1 fully saturated rings. The molecule has 0 unspecified atom stereocenters. The molecule has 0 spiro atoms. The number of aromatic nitrogens is 3. The smallest absolute Gasteiger partial charge is 0.254 e. The second-order valence-electron chi connectivity index (χ2n) is 9.31. The predicted octanol–water partition coefficient (Wildman–Crippen LogP) is 5.39. The highest BCUT2D eigenvalue weighted by molar-refractivity contribution is 6.30. The van der Waals surface area contributed by atoms with E-state index in [-0.39, 0.29) is 5.91 Å². The van der Waals surface area contributed by atoms with Gasteiger partial charge in [-0.05, 0) is 62.9 Å². The molecule has 6 nitrogen and oxygen atoms in total. The highest BCUT2D eigenvalue weighted by Crippen LogP contribution is 2.23. The van der Waals surface area contributed by atoms with Gasteiger partial charge in [0.2, 0.25) is 0 Å². The van der Waals surface area contributed by atoms with Crippen LogP contribution in [-0.4, -0.2) is 45.0 Å². The summed E-state index contributed by atoms with van der Waals surface area (Å²) in [6.45, 7) is 5.83. The minimum atomic E-state index is -0.0954. The summed E-state index contributed by atoms with van der Waals surface area (Å²) in [5.41, 5.74) is 5.18. The summed E-state index contributed by atoms with van der Waals surface area (Å²) in [5.74, 6) is 0.555. The number of rotatable bonds is 7. The van der Waals surface area contributed by atoms with Crippen LogP contribution < -0.4 is 5.32 Å². The second-order valence-corrected chi connectivity index (χ2v) is 9.75. The molecule has 1 aliphatic rings. The lowest BCUT2D eigenvalue weighted by atomic mass is 9.93. The van der Waals surface area contributed by atoms with Crippen molar-refractivity contribution in [1.82, 2.24) is 24.8 Å². The van der Waals surface area contributed by atoms with Crippen LogP contribution >= 0.6 is 11.6 Å². The molecule has 35 heavy (non-hydrogen) atoms. The van der Waals surface area contributed by atoms with Crippen molar-refractivity contribution in [3.63, 3.8) is 0 Å². The topological polar surface area (TPSA) is 62.5 Å². The van der Waals surface area contributed by atoms with E-state index in [0.29, 0.717) is 28.7 Å². The summed E-state index contributed by atoms with van der Waals surface area (Å²) < 4.78 is 1.74. The number of halogens is 1. The van der Waals surface area contributed by atoms with Crippen molar-refractivity contribution in [2.45, 2.75) is 32.7 Å². The molecule has 3 heterocycles. The third kappa shape index (κ3) is 5.55. The van der Waals surface area contributed by atoms with E-state index < -0.39 is 0 Å². The lowest BCUT2D eigenvalue weighted by Crippen LogP contribution is -2.35. The van der Waals surface area contributed by atoms with E-state index in [0.717, 1.165) is 43.0 Å². The van der Waals surface area contributed by atoms with Crippen LogP contribution in [0.25, 0.3) is 16.9 Å². The van der Waals surface area contributed by atoms with Crippen LogP contribution in [0.4, 0.5) is 0 Å². The summed E-state index contributed by atoms with van der Waals surface area (Å²) in [6, 6.07) is 20.1. The van der Waals surface area contributed by atoms with E-state index in [1.807, 2.05) is 37.3 Å². The van der Waals surface area contributed by atoms with Crippen molar-refractivity contribution in [3.05, 3.63) is 88.7 Å². The SMILES string of the molecule is Cc1c(C(=O)NCCC2CCN(Cc3ccccc3)CC2)cnc2cc(-c3ccc(Cl)cc3)nn12. The highest BCUT2D eigenvalue weighted by atomic mass is 35.5. The number of carbonyl (C=O) groups is 1. The first-order valence-corrected chi connectivity index (χ1v) is 12.6. The average molecular weight is 488 g/mol. The first-order chi connectivity index (χ1) is 17.1. The Balaban J connectivity index is 1.14. The van der Waals surface area contributed by atoms with E-state index in [1.165, 1.54) is 18.4 Å². The number of nitrogens with zero attached hydrogens (tertiary/aromatic N) is 4. The summed E-state index contributed by atoms with van der Waals surface area (Å²) in [5, 5.41) is 8.46. The van der Waals surface area contributed by atoms with Gasteiger partial charge in [0.05, 0.1) is 17.0 Å². The number of fused-ring (bicyclic) bond motifs is 1. The molecule has 0 radical (unpaired) electrons. The van der Waals surface area contributed by atoms with Crippen LogP contribution in [0.2, 0.25) is 5.02 Å². The fraction of sp³-hybridized carbons (Fsp3) is 0.321. The Kier molecular flexibility index (Phi) is 7.11. The van der Waals surface area contributed by atoms with Crippen LogP contribution in [0.5, 0.6) is 0 Å². The third-order valence-corrected chi connectivity index (χ3v) is 7.15. The average Bonchev–Trinajstić information content (AvgIpc) is 3.32. The Bertz CT molecular complexity index is 1290. The molecule has 0 atom stereocenters. The minimum absolute atomic E-state index is 0.0954. The van der Waals surface area contributed by atoms with Gasteiger partial charge in [-0.1, -0.05) is 54.1 Å². The molecular weight excluding hydrogens is 458 g/mol. The molecule has 0 bridgehead atoms. The number of amides is 1. The lowest BCUT2D eigenvalue weighted by molar-refractivity contribution is 0.0946. The van der Waals surface area contributed by atoms with Crippen molar-refractivity contribution in [2.75, 3.05) is 19.6 Å². The van der Waals surface area contributed by atoms with Gasteiger partial charge in [0.25, 0.3) is 5.91 Å². The van der Waals surface area contributed by atoms with Crippen LogP contribution in [0.1, 0.15) is 40.9 Å². The van der Waals surface area contributed by atoms with Crippen molar-refractivity contribution < 1.29 is 4.79 Å². The summed E-state index contributed by atoms with van der Waals surface area (Å²) in [6.07, 6.45) is 5.00. The Morgan fingerprint density at radius 1 is 1.09 bits per heavy atom. The maximum atomic E-state index is 12.9. The van der Waals surface area contributed by atoms with Crippen molar-refractivity contribution in [1.29, 1.82) is 0 Å². The molecule has 4 aromatic rings. The standard InChI is InChI=1S/C28H30ClN5O/c1-20-25(18-31-27-17-26(32-34(20)27)23-7-9-24(29)10-8-23)28(35)30-14-11-21-12-15-33(16-13-21)19-22-5-3-2-4-6-22/h2-10,17-18,21H,11-16,19H2,1H3,(H,30,35). The zero-order valence-electron chi connectivity index (χ0n) is 20.0. The number of nitrogens with one attached hydrogen (secondary N) is 1. The first-order valence-electron chi connectivity index (χ1n) is 12.2. The quantitative estimate of drug-likeness (QED) is 0.379. The van der Waals surface area contributed by atoms with Gasteiger partial charge in [-0.3, -0.25) is 9.69 Å². The molecule has 7 heteroatoms. The number of piperidine rings is 1. The Morgan fingerprint density at radius 3 is 2.57 bits per heavy atom. The number of hydrogen-bond acceptors (Lipinski definition) is 4. The Morgan fingerprint density at radius 2 is 1.83 bits per heavy atom. The fourth-order valence-electron chi connectivity index (χ4n) is 4.79. The molecule has 180 valence electrons. The molecule has 1 saturated heterocycles. The maximum absolute atomic E-state index is 12.9. The number of aryl methyl sites for hydroxylation is 1. The molecule has 0 saturated carbocycles. The fourth-order valence-corrected chi connectivity index (χ4v) is 4.92. The largest absolute Gasteiger partial charge is 0.352 e. The molecule has 0 aliphatic carbocycles.